The van der Waals surface area contributed by atoms with E-state index >= 15 is 0 Å². The lowest BCUT2D eigenvalue weighted by Crippen LogP contribution is -2.54. The maximum atomic E-state index is 13.1. The number of halogens is 1. The predicted octanol–water partition coefficient (Wildman–Crippen LogP) is 4.65. The number of hydrogen-bond donors (Lipinski definition) is 1. The number of nitrogens with one attached hydrogen (secondary N) is 1. The molecule has 0 radical (unpaired) electrons. The van der Waals surface area contributed by atoms with Gasteiger partial charge in [0, 0.05) is 33.2 Å². The highest BCUT2D eigenvalue weighted by atomic mass is 79.9. The predicted molar refractivity (Wildman–Crippen MR) is 115 cm³/mol. The van der Waals surface area contributed by atoms with Gasteiger partial charge in [0.05, 0.1) is 5.69 Å². The fraction of sp³-hybridized carbons (Fsp3) is 0.136. The highest BCUT2D eigenvalue weighted by molar-refractivity contribution is 9.10. The molecule has 0 aliphatic carbocycles. The van der Waals surface area contributed by atoms with Crippen LogP contribution in [0.4, 0.5) is 10.5 Å². The molecule has 0 spiro atoms. The average molecular weight is 452 g/mol. The van der Waals surface area contributed by atoms with Crippen molar-refractivity contribution in [3.63, 3.8) is 0 Å². The molecule has 0 saturated carbocycles. The standard InChI is InChI=1S/C22H18BrN3O3/c1-13(2)25-12-14(17-5-3-4-6-19(17)25)11-18-20(27)24-22(29)26(21(18)28)16-9-7-15(23)8-10-16/h3-13H,1-2H3,(H,24,27,29)/b18-11+. The molecule has 1 fully saturated rings. The molecule has 146 valence electrons. The minimum Gasteiger partial charge on any atom is -0.344 e. The van der Waals surface area contributed by atoms with Gasteiger partial charge in [-0.25, -0.2) is 9.69 Å². The molecule has 0 atom stereocenters. The number of carbonyl (C=O) groups excluding carboxylic acids is 3. The second-order valence-electron chi connectivity index (χ2n) is 7.04. The Hall–Kier alpha value is -3.19. The lowest BCUT2D eigenvalue weighted by molar-refractivity contribution is -0.122. The topological polar surface area (TPSA) is 71.4 Å². The van der Waals surface area contributed by atoms with Crippen molar-refractivity contribution in [2.75, 3.05) is 4.90 Å². The van der Waals surface area contributed by atoms with Crippen LogP contribution >= 0.6 is 15.9 Å². The molecular weight excluding hydrogens is 434 g/mol. The molecule has 1 N–H and O–H groups in total. The average Bonchev–Trinajstić information content (AvgIpc) is 3.05. The number of anilines is 1. The number of barbiturate groups is 1. The van der Waals surface area contributed by atoms with Crippen molar-refractivity contribution in [2.24, 2.45) is 0 Å². The van der Waals surface area contributed by atoms with Crippen LogP contribution in [0.1, 0.15) is 25.5 Å². The van der Waals surface area contributed by atoms with Gasteiger partial charge in [0.25, 0.3) is 11.8 Å². The summed E-state index contributed by atoms with van der Waals surface area (Å²) in [6, 6.07) is 14.0. The number of imide groups is 2. The van der Waals surface area contributed by atoms with E-state index in [0.29, 0.717) is 5.69 Å². The van der Waals surface area contributed by atoms with Crippen molar-refractivity contribution in [2.45, 2.75) is 19.9 Å². The van der Waals surface area contributed by atoms with Gasteiger partial charge >= 0.3 is 6.03 Å². The molecule has 6 nitrogen and oxygen atoms in total. The molecule has 4 amide bonds. The lowest BCUT2D eigenvalue weighted by atomic mass is 10.1. The molecule has 0 unspecified atom stereocenters. The van der Waals surface area contributed by atoms with Crippen molar-refractivity contribution in [1.82, 2.24) is 9.88 Å². The Morgan fingerprint density at radius 1 is 1.00 bits per heavy atom. The fourth-order valence-electron chi connectivity index (χ4n) is 3.41. The largest absolute Gasteiger partial charge is 0.344 e. The summed E-state index contributed by atoms with van der Waals surface area (Å²) in [5, 5.41) is 3.19. The minimum atomic E-state index is -0.760. The van der Waals surface area contributed by atoms with Crippen LogP contribution in [0.25, 0.3) is 17.0 Å². The maximum absolute atomic E-state index is 13.1. The zero-order valence-electron chi connectivity index (χ0n) is 15.8. The number of amides is 4. The Kier molecular flexibility index (Phi) is 4.84. The number of rotatable bonds is 3. The summed E-state index contributed by atoms with van der Waals surface area (Å²) in [5.41, 5.74) is 2.06. The van der Waals surface area contributed by atoms with Gasteiger partial charge in [-0.2, -0.15) is 0 Å². The number of fused-ring (bicyclic) bond motifs is 1. The van der Waals surface area contributed by atoms with E-state index in [9.17, 15) is 14.4 Å². The molecule has 1 aliphatic rings. The molecule has 2 aromatic carbocycles. The van der Waals surface area contributed by atoms with Gasteiger partial charge in [0.2, 0.25) is 0 Å². The van der Waals surface area contributed by atoms with E-state index in [1.807, 2.05) is 30.5 Å². The van der Waals surface area contributed by atoms with Crippen molar-refractivity contribution in [1.29, 1.82) is 0 Å². The summed E-state index contributed by atoms with van der Waals surface area (Å²) in [6.45, 7) is 4.13. The Morgan fingerprint density at radius 3 is 2.38 bits per heavy atom. The molecule has 29 heavy (non-hydrogen) atoms. The van der Waals surface area contributed by atoms with Crippen molar-refractivity contribution >= 4 is 56.4 Å². The van der Waals surface area contributed by atoms with Crippen LogP contribution in [-0.2, 0) is 9.59 Å². The van der Waals surface area contributed by atoms with Crippen LogP contribution in [0.3, 0.4) is 0 Å². The molecule has 0 bridgehead atoms. The number of para-hydroxylation sites is 1. The Morgan fingerprint density at radius 2 is 1.69 bits per heavy atom. The van der Waals surface area contributed by atoms with E-state index < -0.39 is 17.8 Å². The highest BCUT2D eigenvalue weighted by Crippen LogP contribution is 2.28. The van der Waals surface area contributed by atoms with Crippen LogP contribution in [0, 0.1) is 0 Å². The van der Waals surface area contributed by atoms with Crippen LogP contribution in [0.15, 0.2) is 64.8 Å². The number of nitrogens with zero attached hydrogens (tertiary/aromatic N) is 2. The van der Waals surface area contributed by atoms with Gasteiger partial charge in [-0.1, -0.05) is 34.1 Å². The molecule has 1 aliphatic heterocycles. The first-order valence-electron chi connectivity index (χ1n) is 9.13. The zero-order chi connectivity index (χ0) is 20.7. The smallest absolute Gasteiger partial charge is 0.335 e. The van der Waals surface area contributed by atoms with Crippen LogP contribution in [0.2, 0.25) is 0 Å². The third kappa shape index (κ3) is 3.38. The van der Waals surface area contributed by atoms with Crippen molar-refractivity contribution < 1.29 is 14.4 Å². The normalized spacial score (nSPS) is 16.2. The van der Waals surface area contributed by atoms with E-state index in [4.69, 9.17) is 0 Å². The van der Waals surface area contributed by atoms with Crippen molar-refractivity contribution in [3.05, 3.63) is 70.3 Å². The number of hydrogen-bond acceptors (Lipinski definition) is 3. The van der Waals surface area contributed by atoms with E-state index in [-0.39, 0.29) is 11.6 Å². The monoisotopic (exact) mass is 451 g/mol. The van der Waals surface area contributed by atoms with Crippen LogP contribution in [0.5, 0.6) is 0 Å². The highest BCUT2D eigenvalue weighted by Gasteiger charge is 2.37. The quantitative estimate of drug-likeness (QED) is 0.465. The summed E-state index contributed by atoms with van der Waals surface area (Å²) in [4.78, 5) is 38.8. The first-order valence-corrected chi connectivity index (χ1v) is 9.92. The van der Waals surface area contributed by atoms with Gasteiger partial charge < -0.3 is 4.57 Å². The molecule has 7 heteroatoms. The summed E-state index contributed by atoms with van der Waals surface area (Å²) in [6.07, 6.45) is 3.47. The molecule has 2 heterocycles. The molecular formula is C22H18BrN3O3. The second-order valence-corrected chi connectivity index (χ2v) is 7.95. The third-order valence-corrected chi connectivity index (χ3v) is 5.34. The van der Waals surface area contributed by atoms with E-state index in [0.717, 1.165) is 25.8 Å². The summed E-state index contributed by atoms with van der Waals surface area (Å²) < 4.78 is 2.91. The molecule has 4 rings (SSSR count). The van der Waals surface area contributed by atoms with E-state index in [1.54, 1.807) is 30.3 Å². The summed E-state index contributed by atoms with van der Waals surface area (Å²) in [5.74, 6) is -1.35. The summed E-state index contributed by atoms with van der Waals surface area (Å²) >= 11 is 3.33. The minimum absolute atomic E-state index is 0.0841. The van der Waals surface area contributed by atoms with Gasteiger partial charge in [-0.3, -0.25) is 14.9 Å². The fourth-order valence-corrected chi connectivity index (χ4v) is 3.68. The van der Waals surface area contributed by atoms with Crippen molar-refractivity contribution in [3.8, 4) is 0 Å². The summed E-state index contributed by atoms with van der Waals surface area (Å²) in [7, 11) is 0. The number of benzene rings is 2. The molecule has 1 saturated heterocycles. The Bertz CT molecular complexity index is 1180. The SMILES string of the molecule is CC(C)n1cc(/C=C2\C(=O)NC(=O)N(c3ccc(Br)cc3)C2=O)c2ccccc21. The Balaban J connectivity index is 1.82. The first kappa shape index (κ1) is 19.1. The second kappa shape index (κ2) is 7.33. The maximum Gasteiger partial charge on any atom is 0.335 e. The van der Waals surface area contributed by atoms with E-state index in [1.165, 1.54) is 0 Å². The van der Waals surface area contributed by atoms with E-state index in [2.05, 4.69) is 39.7 Å². The Labute approximate surface area is 175 Å². The third-order valence-electron chi connectivity index (χ3n) is 4.81. The van der Waals surface area contributed by atoms with Crippen LogP contribution in [-0.4, -0.2) is 22.4 Å². The zero-order valence-corrected chi connectivity index (χ0v) is 17.4. The van der Waals surface area contributed by atoms with Gasteiger partial charge in [0.15, 0.2) is 0 Å². The van der Waals surface area contributed by atoms with Gasteiger partial charge in [-0.15, -0.1) is 0 Å². The van der Waals surface area contributed by atoms with Gasteiger partial charge in [0.1, 0.15) is 5.57 Å². The first-order chi connectivity index (χ1) is 13.9. The lowest BCUT2D eigenvalue weighted by Gasteiger charge is -2.26. The number of carbonyl (C=O) groups is 3. The molecule has 1 aromatic heterocycles. The molecule has 3 aromatic rings. The number of urea groups is 1. The number of aromatic nitrogens is 1. The van der Waals surface area contributed by atoms with Crippen LogP contribution < -0.4 is 10.2 Å². The van der Waals surface area contributed by atoms with Gasteiger partial charge in [-0.05, 0) is 50.3 Å².